The fraction of sp³-hybridized carbons (Fsp3) is 0.373. The summed E-state index contributed by atoms with van der Waals surface area (Å²) in [6.45, 7) is 19.0. The minimum atomic E-state index is -0.902. The van der Waals surface area contributed by atoms with Gasteiger partial charge in [0, 0.05) is 98.5 Å². The van der Waals surface area contributed by atoms with Crippen LogP contribution in [0.2, 0.25) is 0 Å². The van der Waals surface area contributed by atoms with Crippen LogP contribution >= 0.6 is 45.3 Å². The highest BCUT2D eigenvalue weighted by Gasteiger charge is 2.46. The van der Waals surface area contributed by atoms with Gasteiger partial charge >= 0.3 is 0 Å². The van der Waals surface area contributed by atoms with Gasteiger partial charge in [0.2, 0.25) is 23.6 Å². The van der Waals surface area contributed by atoms with Crippen LogP contribution in [0.25, 0.3) is 73.1 Å². The maximum atomic E-state index is 13.5. The summed E-state index contributed by atoms with van der Waals surface area (Å²) in [6.07, 6.45) is 4.35. The van der Waals surface area contributed by atoms with Crippen molar-refractivity contribution in [2.24, 2.45) is 10.8 Å². The number of ketones is 2. The molecule has 3 aliphatic rings. The zero-order valence-electron chi connectivity index (χ0n) is 81.9. The van der Waals surface area contributed by atoms with Gasteiger partial charge < -0.3 is 89.0 Å². The zero-order chi connectivity index (χ0) is 102. The number of carbonyl (C=O) groups is 6. The van der Waals surface area contributed by atoms with Crippen LogP contribution in [0.15, 0.2) is 216 Å². The van der Waals surface area contributed by atoms with Gasteiger partial charge in [0.15, 0.2) is 23.1 Å². The fourth-order valence-electron chi connectivity index (χ4n) is 17.3. The number of hydrogen-bond acceptors (Lipinski definition) is 26. The van der Waals surface area contributed by atoms with Crippen molar-refractivity contribution in [1.82, 2.24) is 39.9 Å². The number of aryl methyl sites for hydroxylation is 4. The number of amides is 4. The molecule has 3 aliphatic heterocycles. The molecule has 143 heavy (non-hydrogen) atoms. The van der Waals surface area contributed by atoms with E-state index in [1.54, 1.807) is 102 Å². The first-order valence-electron chi connectivity index (χ1n) is 47.6. The Kier molecular flexibility index (Phi) is 38.4. The Morgan fingerprint density at radius 3 is 1.28 bits per heavy atom. The van der Waals surface area contributed by atoms with Gasteiger partial charge in [-0.15, -0.1) is 45.3 Å². The number of pyridine rings is 1. The molecule has 3 fully saturated rings. The lowest BCUT2D eigenvalue weighted by Crippen LogP contribution is -2.57. The zero-order valence-corrected chi connectivity index (χ0v) is 85.1. The molecule has 0 unspecified atom stereocenters. The Morgan fingerprint density at radius 2 is 0.888 bits per heavy atom. The largest absolute Gasteiger partial charge is 0.508 e. The number of thiophene rings is 2. The predicted molar refractivity (Wildman–Crippen MR) is 555 cm³/mol. The quantitative estimate of drug-likeness (QED) is 0.0169. The molecule has 0 radical (unpaired) electrons. The number of piperidine rings is 1. The second-order valence-corrected chi connectivity index (χ2v) is 41.5. The summed E-state index contributed by atoms with van der Waals surface area (Å²) in [5.74, 6) is 1.12. The van der Waals surface area contributed by atoms with Gasteiger partial charge in [-0.25, -0.2) is 18.7 Å². The van der Waals surface area contributed by atoms with Crippen molar-refractivity contribution < 1.29 is 96.6 Å². The number of nitrogens with one attached hydrogen (secondary N) is 2. The maximum Gasteiger partial charge on any atom is 0.251 e. The molecule has 8 heterocycles. The number of hydrogen-bond donors (Lipinski definition) is 8. The number of rotatable bonds is 36. The van der Waals surface area contributed by atoms with E-state index in [9.17, 15) is 62.8 Å². The number of aromatic hydroxyl groups is 2. The number of methoxy groups -OCH3 is 2. The molecule has 27 nitrogen and oxygen atoms in total. The van der Waals surface area contributed by atoms with Gasteiger partial charge in [-0.05, 0) is 210 Å². The van der Waals surface area contributed by atoms with Crippen molar-refractivity contribution in [2.75, 3.05) is 99.8 Å². The molecule has 13 aromatic rings. The smallest absolute Gasteiger partial charge is 0.251 e. The van der Waals surface area contributed by atoms with Crippen LogP contribution in [0.4, 0.5) is 8.78 Å². The molecule has 8 aromatic carbocycles. The van der Waals surface area contributed by atoms with E-state index < -0.39 is 70.8 Å². The van der Waals surface area contributed by atoms with E-state index in [0.717, 1.165) is 146 Å². The lowest BCUT2D eigenvalue weighted by molar-refractivity contribution is -0.144. The molecule has 33 heteroatoms. The number of phenolic OH excluding ortho intramolecular Hbond substituents is 2. The first-order valence-corrected chi connectivity index (χ1v) is 51.0. The average Bonchev–Trinajstić information content (AvgIpc) is 1.63. The second kappa shape index (κ2) is 50.8. The normalized spacial score (nSPS) is 15.9. The number of ether oxygens (including phenoxy) is 6. The van der Waals surface area contributed by atoms with E-state index in [1.807, 2.05) is 170 Å². The van der Waals surface area contributed by atoms with Crippen molar-refractivity contribution in [2.45, 2.75) is 156 Å². The Balaban J connectivity index is 0.000000160. The number of thiazole rings is 2. The Bertz CT molecular complexity index is 6320. The molecule has 0 spiro atoms. The molecule has 756 valence electrons. The van der Waals surface area contributed by atoms with E-state index in [4.69, 9.17) is 38.6 Å². The van der Waals surface area contributed by atoms with Crippen molar-refractivity contribution in [3.63, 3.8) is 0 Å². The monoisotopic (exact) mass is 2030 g/mol. The molecule has 3 saturated heterocycles. The lowest BCUT2D eigenvalue weighted by Gasteiger charge is -2.35. The average molecular weight is 2030 g/mol. The van der Waals surface area contributed by atoms with Crippen LogP contribution in [0.5, 0.6) is 34.5 Å². The molecule has 0 saturated carbocycles. The SMILES string of the molecule is COCCN1CCC(c2ccc(Oc3c(-c4ccc(F)cc4)sc4cc(O)ccc34)cc2)CC1.COCCn1ccc(-c2ccc(Oc3c(-c4ccc(F)cc4)sc4cc(O)ccc34)cc2)cc1=O.Cc1ncsc1-c1ccc(CCC(=O)[C@@H]2C[C@@H](O)CN2C(=O)[C@@H](NC(=O)COCCO)C(C)(C)C)cc1.Cc1ncsc1-c1ccc(CCC(=O)[C@@H]2C[C@@H](O)CN2C(=O)[C@@H](NC(=O)COCCO)C(C)(C)C)cc1. The second-order valence-electron chi connectivity index (χ2n) is 37.7. The first kappa shape index (κ1) is 108. The number of nitrogens with zero attached hydrogens (tertiary/aromatic N) is 6. The van der Waals surface area contributed by atoms with Crippen molar-refractivity contribution in [3.05, 3.63) is 261 Å². The molecular formula is C110H124F2N8O19S4. The predicted octanol–water partition coefficient (Wildman–Crippen LogP) is 18.0. The van der Waals surface area contributed by atoms with Gasteiger partial charge in [0.05, 0.1) is 106 Å². The Hall–Kier alpha value is -12.2. The summed E-state index contributed by atoms with van der Waals surface area (Å²) in [5, 5.41) is 65.4. The van der Waals surface area contributed by atoms with Crippen molar-refractivity contribution in [3.8, 4) is 87.4 Å². The summed E-state index contributed by atoms with van der Waals surface area (Å²) in [4.78, 5) is 108. The number of Topliss-reactive ketones (excluding diaryl/α,β-unsaturated/α-hetero) is 2. The third kappa shape index (κ3) is 29.3. The van der Waals surface area contributed by atoms with Gasteiger partial charge in [0.25, 0.3) is 5.56 Å². The fourth-order valence-corrected chi connectivity index (χ4v) is 21.3. The summed E-state index contributed by atoms with van der Waals surface area (Å²) >= 11 is 6.18. The number of halogens is 2. The molecular weight excluding hydrogens is 1900 g/mol. The van der Waals surface area contributed by atoms with Crippen molar-refractivity contribution >= 4 is 101 Å². The number of phenols is 2. The first-order chi connectivity index (χ1) is 68.6. The van der Waals surface area contributed by atoms with Gasteiger partial charge in [-0.3, -0.25) is 33.6 Å². The van der Waals surface area contributed by atoms with E-state index in [0.29, 0.717) is 43.4 Å². The third-order valence-electron chi connectivity index (χ3n) is 25.1. The van der Waals surface area contributed by atoms with E-state index >= 15 is 0 Å². The number of fused-ring (bicyclic) bond motifs is 2. The standard InChI is InChI=1S/C28H22FNO4S.C28H28FNO3S.2C27H37N3O6S/c1-33-15-14-30-13-12-20(16-26(30)32)18-4-9-23(10-5-18)34-27-24-11-8-22(31)17-25(24)35-28(27)19-2-6-21(29)7-3-19;1-32-17-16-30-14-12-20(13-15-30)19-4-9-24(10-5-19)33-27-25-11-8-23(31)18-26(25)34-28(27)21-2-6-22(29)7-3-21;2*1-17-24(37-16-28-17)19-8-5-18(6-9-19)7-10-22(33)21-13-20(32)14-30(21)26(35)25(27(2,3)4)29-23(34)15-36-12-11-31/h2-13,16-17,31H,14-15H2,1H3;2-11,18,20,31H,12-17H2,1H3;2*5-6,8-9,16,20-21,25,31-32H,7,10-15H2,1-4H3,(H,29,34)/t;;2*20-,21+,25-/m..11/s1. The van der Waals surface area contributed by atoms with E-state index in [1.165, 1.54) is 62.3 Å². The highest BCUT2D eigenvalue weighted by atomic mass is 32.1. The number of aliphatic hydroxyl groups is 4. The topological polar surface area (TPSA) is 361 Å². The van der Waals surface area contributed by atoms with Gasteiger partial charge in [-0.1, -0.05) is 139 Å². The lowest BCUT2D eigenvalue weighted by atomic mass is 9.85. The number of aliphatic hydroxyl groups excluding tert-OH is 4. The van der Waals surface area contributed by atoms with Crippen LogP contribution in [-0.4, -0.2) is 231 Å². The minimum absolute atomic E-state index is 0.0179. The van der Waals surface area contributed by atoms with Crippen LogP contribution in [0.3, 0.4) is 0 Å². The highest BCUT2D eigenvalue weighted by Crippen LogP contribution is 2.50. The van der Waals surface area contributed by atoms with Crippen LogP contribution < -0.4 is 25.7 Å². The summed E-state index contributed by atoms with van der Waals surface area (Å²) in [6, 6.07) is 55.3. The molecule has 5 aromatic heterocycles. The number of carbonyl (C=O) groups excluding carboxylic acids is 6. The minimum Gasteiger partial charge on any atom is -0.508 e. The van der Waals surface area contributed by atoms with E-state index in [2.05, 4.69) is 37.6 Å². The molecule has 0 aliphatic carbocycles. The third-order valence-corrected chi connectivity index (χ3v) is 29.4. The van der Waals surface area contributed by atoms with Gasteiger partial charge in [-0.2, -0.15) is 0 Å². The molecule has 16 rings (SSSR count). The van der Waals surface area contributed by atoms with Crippen LogP contribution in [-0.2, 0) is 67.1 Å². The molecule has 6 atom stereocenters. The Labute approximate surface area is 846 Å². The Morgan fingerprint density at radius 1 is 0.490 bits per heavy atom. The number of likely N-dealkylation sites (tertiary alicyclic amines) is 3. The maximum absolute atomic E-state index is 13.5. The van der Waals surface area contributed by atoms with E-state index in [-0.39, 0.29) is 119 Å². The van der Waals surface area contributed by atoms with Crippen molar-refractivity contribution in [1.29, 1.82) is 0 Å². The highest BCUT2D eigenvalue weighted by molar-refractivity contribution is 7.23. The number of benzene rings is 8. The summed E-state index contributed by atoms with van der Waals surface area (Å²) < 4.78 is 63.5. The summed E-state index contributed by atoms with van der Waals surface area (Å²) in [7, 11) is 3.36. The van der Waals surface area contributed by atoms with Gasteiger partial charge in [0.1, 0.15) is 59.9 Å². The summed E-state index contributed by atoms with van der Waals surface area (Å²) in [5.41, 5.74) is 13.2. The number of aromatic nitrogens is 3. The molecule has 0 bridgehead atoms. The molecule has 4 amide bonds. The number of β-amino-alcohol motifs (C(OH)–C–C–N with tert-alkyl or cyclic N) is 2. The molecule has 8 N–H and O–H groups in total. The van der Waals surface area contributed by atoms with Crippen LogP contribution in [0.1, 0.15) is 114 Å². The van der Waals surface area contributed by atoms with Crippen LogP contribution in [0, 0.1) is 36.3 Å².